The molecule has 0 bridgehead atoms. The largest absolute Gasteiger partial charge is 0.316 e. The summed E-state index contributed by atoms with van der Waals surface area (Å²) in [5.74, 6) is 0. The van der Waals surface area contributed by atoms with Crippen molar-refractivity contribution < 1.29 is 0 Å². The average molecular weight is 546 g/mol. The molecule has 43 heavy (non-hydrogen) atoms. The summed E-state index contributed by atoms with van der Waals surface area (Å²) in [4.78, 5) is 0. The van der Waals surface area contributed by atoms with Gasteiger partial charge in [0.1, 0.15) is 0 Å². The van der Waals surface area contributed by atoms with E-state index in [2.05, 4.69) is 168 Å². The molecule has 0 saturated heterocycles. The quantitative estimate of drug-likeness (QED) is 0.195. The summed E-state index contributed by atoms with van der Waals surface area (Å²) in [6, 6.07) is 57.4. The molecule has 0 aliphatic rings. The first-order valence-electron chi connectivity index (χ1n) is 14.9. The zero-order chi connectivity index (χ0) is 28.3. The minimum atomic E-state index is 1.17. The first-order chi connectivity index (χ1) is 21.3. The van der Waals surface area contributed by atoms with Gasteiger partial charge in [-0.05, 0) is 84.0 Å². The Labute approximate surface area is 249 Å². The first kappa shape index (κ1) is 24.0. The van der Waals surface area contributed by atoms with E-state index >= 15 is 0 Å². The predicted molar refractivity (Wildman–Crippen MR) is 184 cm³/mol. The molecular weight excluding hydrogens is 518 g/mol. The fraction of sp³-hybridized carbons (Fsp3) is 0. The van der Waals surface area contributed by atoms with Gasteiger partial charge in [0.25, 0.3) is 0 Å². The van der Waals surface area contributed by atoms with Gasteiger partial charge in [0.05, 0.1) is 5.52 Å². The van der Waals surface area contributed by atoms with Gasteiger partial charge >= 0.3 is 0 Å². The normalized spacial score (nSPS) is 11.7. The summed E-state index contributed by atoms with van der Waals surface area (Å²) in [5.41, 5.74) is 7.38. The maximum Gasteiger partial charge on any atom is 0.0534 e. The van der Waals surface area contributed by atoms with E-state index in [-0.39, 0.29) is 0 Å². The molecule has 0 aliphatic heterocycles. The van der Waals surface area contributed by atoms with Gasteiger partial charge in [-0.25, -0.2) is 0 Å². The Kier molecular flexibility index (Phi) is 5.27. The molecule has 9 rings (SSSR count). The van der Waals surface area contributed by atoms with E-state index in [9.17, 15) is 0 Å². The van der Waals surface area contributed by atoms with Gasteiger partial charge in [0.2, 0.25) is 0 Å². The molecule has 9 aromatic rings. The van der Waals surface area contributed by atoms with Crippen LogP contribution in [0.3, 0.4) is 0 Å². The number of hydrogen-bond acceptors (Lipinski definition) is 0. The highest BCUT2D eigenvalue weighted by molar-refractivity contribution is 6.26. The Morgan fingerprint density at radius 2 is 0.791 bits per heavy atom. The van der Waals surface area contributed by atoms with Gasteiger partial charge in [0.15, 0.2) is 0 Å². The van der Waals surface area contributed by atoms with Gasteiger partial charge in [-0.15, -0.1) is 0 Å². The third-order valence-corrected chi connectivity index (χ3v) is 9.02. The molecule has 200 valence electrons. The number of fused-ring (bicyclic) bond motifs is 8. The number of hydrogen-bond donors (Lipinski definition) is 0. The van der Waals surface area contributed by atoms with Crippen molar-refractivity contribution in [3.63, 3.8) is 0 Å². The lowest BCUT2D eigenvalue weighted by atomic mass is 9.89. The van der Waals surface area contributed by atoms with Gasteiger partial charge < -0.3 is 4.57 Å². The summed E-state index contributed by atoms with van der Waals surface area (Å²) in [6.45, 7) is 0. The topological polar surface area (TPSA) is 4.93 Å². The van der Waals surface area contributed by atoms with Gasteiger partial charge in [-0.2, -0.15) is 0 Å². The SMILES string of the molecule is c1ccc(-n2cc(-c3ccc(-c4ccc5c6ccccc6c6ccccc6c5c4)c4ccccc34)c3ccccc32)cc1. The molecule has 0 amide bonds. The van der Waals surface area contributed by atoms with E-state index in [1.807, 2.05) is 0 Å². The summed E-state index contributed by atoms with van der Waals surface area (Å²) in [5, 5.41) is 11.6. The van der Waals surface area contributed by atoms with E-state index in [0.717, 1.165) is 0 Å². The van der Waals surface area contributed by atoms with Gasteiger partial charge in [-0.1, -0.05) is 133 Å². The molecule has 0 fully saturated rings. The zero-order valence-corrected chi connectivity index (χ0v) is 23.5. The van der Waals surface area contributed by atoms with Crippen molar-refractivity contribution in [3.05, 3.63) is 164 Å². The number of benzene rings is 8. The van der Waals surface area contributed by atoms with Crippen LogP contribution in [0.1, 0.15) is 0 Å². The number of nitrogens with zero attached hydrogens (tertiary/aromatic N) is 1. The average Bonchev–Trinajstić information content (AvgIpc) is 3.48. The van der Waals surface area contributed by atoms with Crippen LogP contribution in [0.2, 0.25) is 0 Å². The Bertz CT molecular complexity index is 2460. The van der Waals surface area contributed by atoms with Crippen LogP contribution < -0.4 is 0 Å². The number of rotatable bonds is 3. The Balaban J connectivity index is 1.29. The second kappa shape index (κ2) is 9.44. The number of para-hydroxylation sites is 2. The van der Waals surface area contributed by atoms with E-state index in [4.69, 9.17) is 0 Å². The van der Waals surface area contributed by atoms with Crippen LogP contribution >= 0.6 is 0 Å². The van der Waals surface area contributed by atoms with E-state index < -0.39 is 0 Å². The molecule has 1 nitrogen and oxygen atoms in total. The van der Waals surface area contributed by atoms with Crippen molar-refractivity contribution >= 4 is 54.0 Å². The van der Waals surface area contributed by atoms with Crippen LogP contribution in [0.5, 0.6) is 0 Å². The third-order valence-electron chi connectivity index (χ3n) is 9.02. The second-order valence-corrected chi connectivity index (χ2v) is 11.3. The van der Waals surface area contributed by atoms with Crippen LogP contribution in [0.4, 0.5) is 0 Å². The summed E-state index contributed by atoms with van der Waals surface area (Å²) < 4.78 is 2.31. The Morgan fingerprint density at radius 3 is 1.47 bits per heavy atom. The highest BCUT2D eigenvalue weighted by Gasteiger charge is 2.16. The molecule has 1 heterocycles. The van der Waals surface area contributed by atoms with Crippen molar-refractivity contribution in [1.29, 1.82) is 0 Å². The van der Waals surface area contributed by atoms with Crippen LogP contribution in [0.15, 0.2) is 164 Å². The minimum absolute atomic E-state index is 1.17. The molecule has 1 heteroatoms. The second-order valence-electron chi connectivity index (χ2n) is 11.3. The van der Waals surface area contributed by atoms with Crippen molar-refractivity contribution in [2.45, 2.75) is 0 Å². The highest BCUT2D eigenvalue weighted by Crippen LogP contribution is 2.42. The summed E-state index contributed by atoms with van der Waals surface area (Å²) in [7, 11) is 0. The van der Waals surface area contributed by atoms with Crippen LogP contribution in [0.25, 0.3) is 81.9 Å². The lowest BCUT2D eigenvalue weighted by Crippen LogP contribution is -1.90. The van der Waals surface area contributed by atoms with Gasteiger partial charge in [0, 0.05) is 22.8 Å². The van der Waals surface area contributed by atoms with E-state index in [0.29, 0.717) is 0 Å². The van der Waals surface area contributed by atoms with Crippen molar-refractivity contribution in [3.8, 4) is 27.9 Å². The van der Waals surface area contributed by atoms with Crippen LogP contribution in [-0.2, 0) is 0 Å². The fourth-order valence-corrected chi connectivity index (χ4v) is 7.06. The molecule has 0 atom stereocenters. The zero-order valence-electron chi connectivity index (χ0n) is 23.5. The van der Waals surface area contributed by atoms with Crippen LogP contribution in [0, 0.1) is 0 Å². The first-order valence-corrected chi connectivity index (χ1v) is 14.9. The van der Waals surface area contributed by atoms with Crippen LogP contribution in [-0.4, -0.2) is 4.57 Å². The summed E-state index contributed by atoms with van der Waals surface area (Å²) >= 11 is 0. The molecule has 0 N–H and O–H groups in total. The summed E-state index contributed by atoms with van der Waals surface area (Å²) in [6.07, 6.45) is 2.30. The molecule has 0 saturated carbocycles. The monoisotopic (exact) mass is 545 g/mol. The highest BCUT2D eigenvalue weighted by atomic mass is 15.0. The van der Waals surface area contributed by atoms with Crippen molar-refractivity contribution in [2.75, 3.05) is 0 Å². The third kappa shape index (κ3) is 3.65. The maximum atomic E-state index is 2.40. The fourth-order valence-electron chi connectivity index (χ4n) is 7.06. The van der Waals surface area contributed by atoms with E-state index in [1.54, 1.807) is 0 Å². The molecule has 0 aliphatic carbocycles. The molecule has 0 spiro atoms. The standard InChI is InChI=1S/C42H27N/c1-2-12-29(13-3-1)43-27-41(39-20-10-11-21-42(39)43)38-25-24-30(31-14-4-5-15-32(31)38)28-22-23-37-35-18-7-6-16-33(35)34-17-8-9-19-36(34)40(37)26-28/h1-27H. The minimum Gasteiger partial charge on any atom is -0.316 e. The lowest BCUT2D eigenvalue weighted by molar-refractivity contribution is 1.13. The Morgan fingerprint density at radius 1 is 0.302 bits per heavy atom. The predicted octanol–water partition coefficient (Wildman–Crippen LogP) is 11.6. The molecule has 1 aromatic heterocycles. The molecule has 8 aromatic carbocycles. The van der Waals surface area contributed by atoms with Crippen molar-refractivity contribution in [2.24, 2.45) is 0 Å². The number of aromatic nitrogens is 1. The Hall–Kier alpha value is -5.66. The van der Waals surface area contributed by atoms with Gasteiger partial charge in [-0.3, -0.25) is 0 Å². The molecule has 0 radical (unpaired) electrons. The lowest BCUT2D eigenvalue weighted by Gasteiger charge is -2.14. The van der Waals surface area contributed by atoms with E-state index in [1.165, 1.54) is 81.9 Å². The molecular formula is C42H27N. The van der Waals surface area contributed by atoms with Crippen molar-refractivity contribution in [1.82, 2.24) is 4.57 Å². The smallest absolute Gasteiger partial charge is 0.0534 e. The maximum absolute atomic E-state index is 2.40. The molecule has 0 unspecified atom stereocenters.